The number of imidazole rings is 1. The maximum Gasteiger partial charge on any atom is 0.191 e. The molecule has 2 N–H and O–H groups in total. The smallest absolute Gasteiger partial charge is 0.191 e. The molecule has 1 aliphatic carbocycles. The Balaban J connectivity index is 1.52. The Bertz CT molecular complexity index is 654. The molecule has 0 saturated heterocycles. The van der Waals surface area contributed by atoms with Crippen molar-refractivity contribution in [3.63, 3.8) is 0 Å². The summed E-state index contributed by atoms with van der Waals surface area (Å²) in [5, 5.41) is 6.72. The molecule has 1 fully saturated rings. The summed E-state index contributed by atoms with van der Waals surface area (Å²) in [5.41, 5.74) is 1.12. The lowest BCUT2D eigenvalue weighted by atomic mass is 9.85. The van der Waals surface area contributed by atoms with E-state index in [1.54, 1.807) is 13.2 Å². The second-order valence-corrected chi connectivity index (χ2v) is 5.97. The summed E-state index contributed by atoms with van der Waals surface area (Å²) in [6.07, 6.45) is 9.63. The van der Waals surface area contributed by atoms with Crippen molar-refractivity contribution < 1.29 is 0 Å². The average Bonchev–Trinajstić information content (AvgIpc) is 2.95. The van der Waals surface area contributed by atoms with Crippen molar-refractivity contribution in [3.05, 3.63) is 42.1 Å². The molecule has 0 radical (unpaired) electrons. The van der Waals surface area contributed by atoms with Crippen LogP contribution in [0.25, 0.3) is 5.82 Å². The molecular formula is C17H24N6. The molecule has 0 bridgehead atoms. The van der Waals surface area contributed by atoms with E-state index < -0.39 is 0 Å². The molecule has 2 aromatic heterocycles. The van der Waals surface area contributed by atoms with Crippen LogP contribution in [0.1, 0.15) is 30.7 Å². The molecule has 1 saturated carbocycles. The molecule has 122 valence electrons. The van der Waals surface area contributed by atoms with Crippen molar-refractivity contribution >= 4 is 5.96 Å². The predicted molar refractivity (Wildman–Crippen MR) is 91.6 cm³/mol. The van der Waals surface area contributed by atoms with E-state index in [1.807, 2.05) is 30.0 Å². The lowest BCUT2D eigenvalue weighted by Gasteiger charge is -2.26. The Morgan fingerprint density at radius 1 is 1.30 bits per heavy atom. The molecule has 0 amide bonds. The Morgan fingerprint density at radius 3 is 2.74 bits per heavy atom. The zero-order valence-corrected chi connectivity index (χ0v) is 13.8. The molecule has 3 rings (SSSR count). The third-order valence-electron chi connectivity index (χ3n) is 4.35. The van der Waals surface area contributed by atoms with Crippen molar-refractivity contribution in [2.75, 3.05) is 13.6 Å². The van der Waals surface area contributed by atoms with Crippen LogP contribution in [0, 0.1) is 12.8 Å². The fourth-order valence-corrected chi connectivity index (χ4v) is 2.63. The van der Waals surface area contributed by atoms with Gasteiger partial charge in [-0.25, -0.2) is 9.97 Å². The quantitative estimate of drug-likeness (QED) is 0.655. The average molecular weight is 312 g/mol. The van der Waals surface area contributed by atoms with Gasteiger partial charge in [0.25, 0.3) is 0 Å². The number of pyridine rings is 1. The van der Waals surface area contributed by atoms with E-state index in [-0.39, 0.29) is 0 Å². The van der Waals surface area contributed by atoms with Gasteiger partial charge in [-0.3, -0.25) is 9.56 Å². The summed E-state index contributed by atoms with van der Waals surface area (Å²) in [4.78, 5) is 13.0. The molecule has 0 aliphatic heterocycles. The van der Waals surface area contributed by atoms with Gasteiger partial charge in [-0.2, -0.15) is 0 Å². The van der Waals surface area contributed by atoms with Crippen LogP contribution in [-0.4, -0.2) is 34.1 Å². The Kier molecular flexibility index (Phi) is 4.90. The van der Waals surface area contributed by atoms with Crippen LogP contribution >= 0.6 is 0 Å². The molecule has 0 spiro atoms. The van der Waals surface area contributed by atoms with Gasteiger partial charge in [0, 0.05) is 38.7 Å². The van der Waals surface area contributed by atoms with Crippen LogP contribution in [0.3, 0.4) is 0 Å². The summed E-state index contributed by atoms with van der Waals surface area (Å²) in [6, 6.07) is 4.09. The lowest BCUT2D eigenvalue weighted by molar-refractivity contribution is 0.314. The normalized spacial score (nSPS) is 15.3. The van der Waals surface area contributed by atoms with Crippen LogP contribution < -0.4 is 10.6 Å². The molecule has 23 heavy (non-hydrogen) atoms. The minimum absolute atomic E-state index is 0.709. The van der Waals surface area contributed by atoms with E-state index in [4.69, 9.17) is 0 Å². The van der Waals surface area contributed by atoms with Gasteiger partial charge in [0.05, 0.1) is 0 Å². The maximum absolute atomic E-state index is 4.51. The van der Waals surface area contributed by atoms with Gasteiger partial charge in [-0.1, -0.05) is 12.5 Å². The van der Waals surface area contributed by atoms with Crippen LogP contribution in [0.4, 0.5) is 0 Å². The Labute approximate surface area is 137 Å². The van der Waals surface area contributed by atoms with Gasteiger partial charge in [0.15, 0.2) is 5.96 Å². The first kappa shape index (κ1) is 15.5. The molecule has 6 nitrogen and oxygen atoms in total. The largest absolute Gasteiger partial charge is 0.356 e. The van der Waals surface area contributed by atoms with E-state index in [0.29, 0.717) is 6.54 Å². The summed E-state index contributed by atoms with van der Waals surface area (Å²) in [6.45, 7) is 3.69. The number of aryl methyl sites for hydroxylation is 1. The highest BCUT2D eigenvalue weighted by atomic mass is 15.2. The highest BCUT2D eigenvalue weighted by Gasteiger charge is 2.17. The van der Waals surface area contributed by atoms with E-state index in [2.05, 4.69) is 31.7 Å². The van der Waals surface area contributed by atoms with E-state index in [0.717, 1.165) is 35.6 Å². The molecule has 2 heterocycles. The minimum Gasteiger partial charge on any atom is -0.356 e. The molecular weight excluding hydrogens is 288 g/mol. The number of nitrogens with one attached hydrogen (secondary N) is 2. The number of rotatable bonds is 5. The van der Waals surface area contributed by atoms with Gasteiger partial charge >= 0.3 is 0 Å². The number of hydrogen-bond donors (Lipinski definition) is 2. The second-order valence-electron chi connectivity index (χ2n) is 5.97. The third-order valence-corrected chi connectivity index (χ3v) is 4.35. The number of aromatic nitrogens is 3. The zero-order valence-electron chi connectivity index (χ0n) is 13.8. The summed E-state index contributed by atoms with van der Waals surface area (Å²) in [7, 11) is 1.80. The summed E-state index contributed by atoms with van der Waals surface area (Å²) >= 11 is 0. The van der Waals surface area contributed by atoms with E-state index in [1.165, 1.54) is 19.3 Å². The SMILES string of the molecule is CN=C(NCc1ccc(-n2ccnc2C)nc1)NCC1CCC1. The van der Waals surface area contributed by atoms with Gasteiger partial charge in [-0.05, 0) is 37.3 Å². The Hall–Kier alpha value is -2.37. The van der Waals surface area contributed by atoms with Crippen LogP contribution in [0.5, 0.6) is 0 Å². The predicted octanol–water partition coefficient (Wildman–Crippen LogP) is 2.04. The summed E-state index contributed by atoms with van der Waals surface area (Å²) < 4.78 is 1.97. The third kappa shape index (κ3) is 3.88. The molecule has 0 atom stereocenters. The molecule has 6 heteroatoms. The van der Waals surface area contributed by atoms with Crippen molar-refractivity contribution in [3.8, 4) is 5.82 Å². The standard InChI is InChI=1S/C17H24N6/c1-13-19-8-9-23(13)16-7-6-15(11-20-16)12-22-17(18-2)21-10-14-4-3-5-14/h6-9,11,14H,3-5,10,12H2,1-2H3,(H2,18,21,22). The number of guanidine groups is 1. The zero-order chi connectivity index (χ0) is 16.1. The molecule has 0 aromatic carbocycles. The highest BCUT2D eigenvalue weighted by molar-refractivity contribution is 5.79. The van der Waals surface area contributed by atoms with Gasteiger partial charge < -0.3 is 10.6 Å². The van der Waals surface area contributed by atoms with E-state index >= 15 is 0 Å². The molecule has 0 unspecified atom stereocenters. The first-order valence-corrected chi connectivity index (χ1v) is 8.16. The highest BCUT2D eigenvalue weighted by Crippen LogP contribution is 2.25. The first-order valence-electron chi connectivity index (χ1n) is 8.16. The lowest BCUT2D eigenvalue weighted by Crippen LogP contribution is -2.40. The number of aliphatic imine (C=N–C) groups is 1. The van der Waals surface area contributed by atoms with Crippen LogP contribution in [-0.2, 0) is 6.54 Å². The second kappa shape index (κ2) is 7.26. The fraction of sp³-hybridized carbons (Fsp3) is 0.471. The molecule has 1 aliphatic rings. The number of nitrogens with zero attached hydrogens (tertiary/aromatic N) is 4. The molecule has 2 aromatic rings. The maximum atomic E-state index is 4.51. The van der Waals surface area contributed by atoms with Crippen molar-refractivity contribution in [1.29, 1.82) is 0 Å². The fourth-order valence-electron chi connectivity index (χ4n) is 2.63. The van der Waals surface area contributed by atoms with Crippen LogP contribution in [0.15, 0.2) is 35.7 Å². The Morgan fingerprint density at radius 2 is 2.17 bits per heavy atom. The number of hydrogen-bond acceptors (Lipinski definition) is 3. The van der Waals surface area contributed by atoms with Crippen molar-refractivity contribution in [2.24, 2.45) is 10.9 Å². The monoisotopic (exact) mass is 312 g/mol. The van der Waals surface area contributed by atoms with Crippen molar-refractivity contribution in [2.45, 2.75) is 32.7 Å². The van der Waals surface area contributed by atoms with Crippen molar-refractivity contribution in [1.82, 2.24) is 25.2 Å². The van der Waals surface area contributed by atoms with Gasteiger partial charge in [-0.15, -0.1) is 0 Å². The van der Waals surface area contributed by atoms with E-state index in [9.17, 15) is 0 Å². The minimum atomic E-state index is 0.709. The summed E-state index contributed by atoms with van der Waals surface area (Å²) in [5.74, 6) is 3.49. The first-order chi connectivity index (χ1) is 11.3. The van der Waals surface area contributed by atoms with Gasteiger partial charge in [0.1, 0.15) is 11.6 Å². The van der Waals surface area contributed by atoms with Gasteiger partial charge in [0.2, 0.25) is 0 Å². The van der Waals surface area contributed by atoms with Crippen LogP contribution in [0.2, 0.25) is 0 Å². The topological polar surface area (TPSA) is 67.1 Å².